The number of halogens is 1. The molecule has 0 spiro atoms. The number of allylic oxidation sites excluding steroid dienone is 2. The number of carbonyl (C=O) groups excluding carboxylic acids is 1. The molecule has 5 nitrogen and oxygen atoms in total. The quantitative estimate of drug-likeness (QED) is 0.916. The van der Waals surface area contributed by atoms with Crippen LogP contribution < -0.4 is 10.4 Å². The minimum absolute atomic E-state index is 0.172. The molecule has 0 saturated carbocycles. The summed E-state index contributed by atoms with van der Waals surface area (Å²) in [7, 11) is 0. The molecular formula is C14H13ClN3O2S-. The number of nitrogens with one attached hydrogen (secondary N) is 1. The van der Waals surface area contributed by atoms with Crippen molar-refractivity contribution in [2.24, 2.45) is 0 Å². The Balaban J connectivity index is 1.90. The van der Waals surface area contributed by atoms with Gasteiger partial charge in [0.1, 0.15) is 5.66 Å². The van der Waals surface area contributed by atoms with E-state index in [9.17, 15) is 9.90 Å². The summed E-state index contributed by atoms with van der Waals surface area (Å²) in [4.78, 5) is 18.6. The van der Waals surface area contributed by atoms with Gasteiger partial charge in [-0.2, -0.15) is 0 Å². The van der Waals surface area contributed by atoms with Crippen molar-refractivity contribution in [3.8, 4) is 0 Å². The van der Waals surface area contributed by atoms with E-state index in [1.165, 1.54) is 11.3 Å². The summed E-state index contributed by atoms with van der Waals surface area (Å²) in [5.41, 5.74) is 0.129. The molecule has 0 aromatic carbocycles. The highest BCUT2D eigenvalue weighted by Crippen LogP contribution is 2.35. The average Bonchev–Trinajstić information content (AvgIpc) is 2.84. The summed E-state index contributed by atoms with van der Waals surface area (Å²) in [5, 5.41) is 15.2. The van der Waals surface area contributed by atoms with E-state index < -0.39 is 5.66 Å². The van der Waals surface area contributed by atoms with Crippen LogP contribution in [0.3, 0.4) is 0 Å². The van der Waals surface area contributed by atoms with E-state index in [-0.39, 0.29) is 18.1 Å². The van der Waals surface area contributed by atoms with Crippen LogP contribution in [0.1, 0.15) is 18.2 Å². The summed E-state index contributed by atoms with van der Waals surface area (Å²) in [6, 6.07) is 0. The van der Waals surface area contributed by atoms with Crippen molar-refractivity contribution in [1.29, 1.82) is 0 Å². The van der Waals surface area contributed by atoms with Gasteiger partial charge in [-0.3, -0.25) is 15.0 Å². The van der Waals surface area contributed by atoms with Gasteiger partial charge in [-0.15, -0.1) is 17.1 Å². The van der Waals surface area contributed by atoms with Crippen molar-refractivity contribution < 1.29 is 9.90 Å². The van der Waals surface area contributed by atoms with Crippen LogP contribution in [0.4, 0.5) is 0 Å². The first-order chi connectivity index (χ1) is 10.0. The Kier molecular flexibility index (Phi) is 3.61. The van der Waals surface area contributed by atoms with Crippen molar-refractivity contribution in [2.45, 2.75) is 25.6 Å². The third-order valence-electron chi connectivity index (χ3n) is 3.68. The zero-order chi connectivity index (χ0) is 15.0. The van der Waals surface area contributed by atoms with Crippen molar-refractivity contribution >= 4 is 28.8 Å². The van der Waals surface area contributed by atoms with Gasteiger partial charge in [0.2, 0.25) is 0 Å². The second-order valence-corrected chi connectivity index (χ2v) is 6.68. The molecule has 1 aromatic rings. The van der Waals surface area contributed by atoms with Gasteiger partial charge in [-0.25, -0.2) is 4.98 Å². The lowest BCUT2D eigenvalue weighted by Gasteiger charge is -2.49. The zero-order valence-electron chi connectivity index (χ0n) is 11.3. The van der Waals surface area contributed by atoms with Gasteiger partial charge in [0.25, 0.3) is 5.91 Å². The van der Waals surface area contributed by atoms with Crippen LogP contribution in [0.5, 0.6) is 0 Å². The maximum Gasteiger partial charge on any atom is 0.251 e. The number of carbonyl (C=O) groups is 1. The molecule has 0 bridgehead atoms. The molecule has 2 aliphatic heterocycles. The van der Waals surface area contributed by atoms with Crippen molar-refractivity contribution in [3.05, 3.63) is 51.3 Å². The molecule has 0 saturated heterocycles. The molecular weight excluding hydrogens is 310 g/mol. The first-order valence-corrected chi connectivity index (χ1v) is 7.62. The molecule has 0 aliphatic carbocycles. The van der Waals surface area contributed by atoms with Crippen LogP contribution in [-0.2, 0) is 11.3 Å². The van der Waals surface area contributed by atoms with E-state index in [0.717, 1.165) is 16.5 Å². The predicted molar refractivity (Wildman–Crippen MR) is 79.1 cm³/mol. The lowest BCUT2D eigenvalue weighted by Crippen LogP contribution is -2.62. The van der Waals surface area contributed by atoms with E-state index in [2.05, 4.69) is 10.3 Å². The van der Waals surface area contributed by atoms with Crippen LogP contribution in [0, 0.1) is 0 Å². The van der Waals surface area contributed by atoms with Crippen LogP contribution in [0.2, 0.25) is 4.47 Å². The SMILES string of the molecule is CC1=CC=CN2C(=O)C=C([O-])CC12NCc1cnc(Cl)s1. The molecule has 7 heteroatoms. The normalized spacial score (nSPS) is 24.7. The van der Waals surface area contributed by atoms with Crippen molar-refractivity contribution in [1.82, 2.24) is 15.2 Å². The van der Waals surface area contributed by atoms with Gasteiger partial charge in [0, 0.05) is 23.8 Å². The Morgan fingerprint density at radius 3 is 3.14 bits per heavy atom. The molecule has 3 heterocycles. The average molecular weight is 323 g/mol. The topological polar surface area (TPSA) is 68.3 Å². The fraction of sp³-hybridized carbons (Fsp3) is 0.286. The second kappa shape index (κ2) is 5.29. The third kappa shape index (κ3) is 2.50. The summed E-state index contributed by atoms with van der Waals surface area (Å²) in [5.74, 6) is -0.473. The molecule has 0 fully saturated rings. The predicted octanol–water partition coefficient (Wildman–Crippen LogP) is 1.53. The lowest BCUT2D eigenvalue weighted by atomic mass is 9.88. The van der Waals surface area contributed by atoms with Gasteiger partial charge >= 0.3 is 0 Å². The monoisotopic (exact) mass is 322 g/mol. The molecule has 1 unspecified atom stereocenters. The number of nitrogens with zero attached hydrogens (tertiary/aromatic N) is 2. The number of aromatic nitrogens is 1. The van der Waals surface area contributed by atoms with Gasteiger partial charge in [0.05, 0.1) is 0 Å². The van der Waals surface area contributed by atoms with E-state index in [1.807, 2.05) is 13.0 Å². The molecule has 3 rings (SSSR count). The Hall–Kier alpha value is -1.63. The van der Waals surface area contributed by atoms with Gasteiger partial charge in [0.15, 0.2) is 4.47 Å². The number of amides is 1. The Bertz CT molecular complexity index is 680. The van der Waals surface area contributed by atoms with Gasteiger partial charge in [-0.05, 0) is 31.1 Å². The minimum atomic E-state index is -0.797. The summed E-state index contributed by atoms with van der Waals surface area (Å²) < 4.78 is 0.473. The maximum absolute atomic E-state index is 12.1. The highest BCUT2D eigenvalue weighted by molar-refractivity contribution is 7.15. The van der Waals surface area contributed by atoms with Crippen LogP contribution >= 0.6 is 22.9 Å². The number of hydrogen-bond acceptors (Lipinski definition) is 5. The Labute approximate surface area is 131 Å². The minimum Gasteiger partial charge on any atom is -0.875 e. The number of fused-ring (bicyclic) bond motifs is 1. The van der Waals surface area contributed by atoms with Crippen molar-refractivity contribution in [3.63, 3.8) is 0 Å². The fourth-order valence-electron chi connectivity index (χ4n) is 2.61. The number of thiazole rings is 1. The number of hydrogen-bond donors (Lipinski definition) is 1. The molecule has 1 N–H and O–H groups in total. The molecule has 110 valence electrons. The summed E-state index contributed by atoms with van der Waals surface area (Å²) in [6.45, 7) is 2.40. The van der Waals surface area contributed by atoms with Crippen LogP contribution in [0.25, 0.3) is 0 Å². The Morgan fingerprint density at radius 1 is 1.62 bits per heavy atom. The number of rotatable bonds is 3. The summed E-state index contributed by atoms with van der Waals surface area (Å²) >= 11 is 7.20. The zero-order valence-corrected chi connectivity index (χ0v) is 12.9. The highest BCUT2D eigenvalue weighted by Gasteiger charge is 2.42. The maximum atomic E-state index is 12.1. The molecule has 1 amide bonds. The van der Waals surface area contributed by atoms with E-state index in [1.54, 1.807) is 23.4 Å². The largest absolute Gasteiger partial charge is 0.875 e. The van der Waals surface area contributed by atoms with E-state index in [4.69, 9.17) is 11.6 Å². The Morgan fingerprint density at radius 2 is 2.43 bits per heavy atom. The first kappa shape index (κ1) is 14.3. The smallest absolute Gasteiger partial charge is 0.251 e. The molecule has 21 heavy (non-hydrogen) atoms. The molecule has 1 atom stereocenters. The third-order valence-corrected chi connectivity index (χ3v) is 4.79. The fourth-order valence-corrected chi connectivity index (χ4v) is 3.53. The second-order valence-electron chi connectivity index (χ2n) is 4.98. The van der Waals surface area contributed by atoms with E-state index in [0.29, 0.717) is 11.0 Å². The van der Waals surface area contributed by atoms with Crippen LogP contribution in [0.15, 0.2) is 42.0 Å². The van der Waals surface area contributed by atoms with Gasteiger partial charge < -0.3 is 5.11 Å². The van der Waals surface area contributed by atoms with Crippen LogP contribution in [-0.4, -0.2) is 21.5 Å². The van der Waals surface area contributed by atoms with E-state index >= 15 is 0 Å². The van der Waals surface area contributed by atoms with Gasteiger partial charge in [-0.1, -0.05) is 17.7 Å². The first-order valence-electron chi connectivity index (χ1n) is 6.43. The standard InChI is InChI=1S/C14H14ClN3O2S/c1-9-3-2-4-18-12(20)5-10(19)6-14(9,18)17-8-11-7-16-13(15)21-11/h2-5,7,17,19H,6,8H2,1H3/p-1. The summed E-state index contributed by atoms with van der Waals surface area (Å²) in [6.07, 6.45) is 8.47. The lowest BCUT2D eigenvalue weighted by molar-refractivity contribution is -0.311. The molecule has 0 radical (unpaired) electrons. The highest BCUT2D eigenvalue weighted by atomic mass is 35.5. The van der Waals surface area contributed by atoms with Crippen molar-refractivity contribution in [2.75, 3.05) is 0 Å². The molecule has 1 aromatic heterocycles. The molecule has 2 aliphatic rings.